The lowest BCUT2D eigenvalue weighted by molar-refractivity contribution is -0.274. The van der Waals surface area contributed by atoms with Gasteiger partial charge in [-0.2, -0.15) is 0 Å². The smallest absolute Gasteiger partial charge is 0.490 e. The van der Waals surface area contributed by atoms with Crippen LogP contribution in [0.3, 0.4) is 0 Å². The van der Waals surface area contributed by atoms with E-state index in [4.69, 9.17) is 4.74 Å². The van der Waals surface area contributed by atoms with Gasteiger partial charge in [-0.3, -0.25) is 4.79 Å². The van der Waals surface area contributed by atoms with Gasteiger partial charge in [-0.15, -0.1) is 24.9 Å². The minimum absolute atomic E-state index is 0.126. The summed E-state index contributed by atoms with van der Waals surface area (Å²) in [5.41, 5.74) is 2.25. The van der Waals surface area contributed by atoms with Gasteiger partial charge in [-0.1, -0.05) is 6.07 Å². The minimum atomic E-state index is -4.73. The Morgan fingerprint density at radius 3 is 2.55 bits per heavy atom. The molecule has 0 aliphatic carbocycles. The SMILES string of the molecule is COC(=O)CCc1ccc(SCC[C@@H](C)Oc2ccc(OC(F)(F)F)cc2Br)cc1C. The number of carbonyl (C=O) groups is 1. The first-order valence-corrected chi connectivity index (χ1v) is 11.4. The van der Waals surface area contributed by atoms with Gasteiger partial charge in [0.05, 0.1) is 17.7 Å². The molecule has 1 atom stereocenters. The number of esters is 1. The molecule has 0 radical (unpaired) electrons. The fourth-order valence-electron chi connectivity index (χ4n) is 2.77. The van der Waals surface area contributed by atoms with Gasteiger partial charge in [-0.25, -0.2) is 0 Å². The minimum Gasteiger partial charge on any atom is -0.490 e. The van der Waals surface area contributed by atoms with Crippen LogP contribution in [0.15, 0.2) is 45.8 Å². The molecule has 9 heteroatoms. The van der Waals surface area contributed by atoms with Crippen molar-refractivity contribution in [1.82, 2.24) is 0 Å². The summed E-state index contributed by atoms with van der Waals surface area (Å²) in [5, 5.41) is 0. The number of hydrogen-bond donors (Lipinski definition) is 0. The van der Waals surface area contributed by atoms with Gasteiger partial charge in [0.1, 0.15) is 11.5 Å². The lowest BCUT2D eigenvalue weighted by Gasteiger charge is -2.17. The Morgan fingerprint density at radius 2 is 1.94 bits per heavy atom. The standard InChI is InChI=1S/C22H24BrF3O4S/c1-14-12-18(7-4-16(14)5-9-21(27)28-3)31-11-10-15(2)29-20-8-6-17(13-19(20)23)30-22(24,25)26/h4,6-8,12-13,15H,5,9-11H2,1-3H3/t15-/m1/s1. The molecule has 0 N–H and O–H groups in total. The third-order valence-electron chi connectivity index (χ3n) is 4.40. The van der Waals surface area contributed by atoms with E-state index in [1.807, 2.05) is 26.0 Å². The van der Waals surface area contributed by atoms with Crippen molar-refractivity contribution >= 4 is 33.7 Å². The molecule has 2 aromatic carbocycles. The largest absolute Gasteiger partial charge is 0.573 e. The number of thioether (sulfide) groups is 1. The Morgan fingerprint density at radius 1 is 1.19 bits per heavy atom. The number of carbonyl (C=O) groups excluding carboxylic acids is 1. The van der Waals surface area contributed by atoms with E-state index >= 15 is 0 Å². The summed E-state index contributed by atoms with van der Waals surface area (Å²) < 4.78 is 51.7. The maximum Gasteiger partial charge on any atom is 0.573 e. The second-order valence-electron chi connectivity index (χ2n) is 6.87. The Hall–Kier alpha value is -1.87. The summed E-state index contributed by atoms with van der Waals surface area (Å²) in [7, 11) is 1.38. The molecule has 0 saturated heterocycles. The van der Waals surface area contributed by atoms with Crippen LogP contribution in [0.25, 0.3) is 0 Å². The van der Waals surface area contributed by atoms with Gasteiger partial charge in [-0.05, 0) is 84.1 Å². The Labute approximate surface area is 192 Å². The lowest BCUT2D eigenvalue weighted by atomic mass is 10.0. The third kappa shape index (κ3) is 9.03. The normalized spacial score (nSPS) is 12.4. The van der Waals surface area contributed by atoms with Crippen LogP contribution < -0.4 is 9.47 Å². The third-order valence-corrected chi connectivity index (χ3v) is 6.05. The predicted molar refractivity (Wildman–Crippen MR) is 118 cm³/mol. The van der Waals surface area contributed by atoms with E-state index in [2.05, 4.69) is 31.5 Å². The quantitative estimate of drug-likeness (QED) is 0.257. The van der Waals surface area contributed by atoms with Crippen LogP contribution >= 0.6 is 27.7 Å². The molecule has 0 bridgehead atoms. The molecule has 0 saturated carbocycles. The number of halogens is 4. The van der Waals surface area contributed by atoms with Gasteiger partial charge in [0.25, 0.3) is 0 Å². The maximum atomic E-state index is 12.3. The number of hydrogen-bond acceptors (Lipinski definition) is 5. The second-order valence-corrected chi connectivity index (χ2v) is 8.89. The van der Waals surface area contributed by atoms with Crippen molar-refractivity contribution in [1.29, 1.82) is 0 Å². The number of methoxy groups -OCH3 is 1. The molecular weight excluding hydrogens is 497 g/mol. The first kappa shape index (κ1) is 25.4. The Balaban J connectivity index is 1.82. The molecule has 0 spiro atoms. The Bertz CT molecular complexity index is 890. The van der Waals surface area contributed by atoms with E-state index in [-0.39, 0.29) is 17.8 Å². The van der Waals surface area contributed by atoms with E-state index < -0.39 is 6.36 Å². The highest BCUT2D eigenvalue weighted by atomic mass is 79.9. The van der Waals surface area contributed by atoms with Crippen molar-refractivity contribution in [3.05, 3.63) is 52.0 Å². The van der Waals surface area contributed by atoms with Crippen LogP contribution in [0.1, 0.15) is 30.9 Å². The van der Waals surface area contributed by atoms with E-state index in [0.717, 1.165) is 28.2 Å². The molecule has 0 fully saturated rings. The van der Waals surface area contributed by atoms with Crippen LogP contribution in [0.4, 0.5) is 13.2 Å². The van der Waals surface area contributed by atoms with Gasteiger partial charge in [0.15, 0.2) is 0 Å². The van der Waals surface area contributed by atoms with Crippen LogP contribution in [0.5, 0.6) is 11.5 Å². The molecule has 0 aromatic heterocycles. The fraction of sp³-hybridized carbons (Fsp3) is 0.409. The van der Waals surface area contributed by atoms with Gasteiger partial charge in [0.2, 0.25) is 0 Å². The zero-order valence-electron chi connectivity index (χ0n) is 17.4. The van der Waals surface area contributed by atoms with Crippen LogP contribution in [0, 0.1) is 6.92 Å². The summed E-state index contributed by atoms with van der Waals surface area (Å²) in [6.45, 7) is 3.93. The molecule has 0 heterocycles. The van der Waals surface area contributed by atoms with Crippen molar-refractivity contribution in [2.75, 3.05) is 12.9 Å². The fourth-order valence-corrected chi connectivity index (χ4v) is 4.33. The summed E-state index contributed by atoms with van der Waals surface area (Å²) in [5.74, 6) is 0.744. The summed E-state index contributed by atoms with van der Waals surface area (Å²) in [6, 6.07) is 10.1. The highest BCUT2D eigenvalue weighted by Crippen LogP contribution is 2.33. The van der Waals surface area contributed by atoms with E-state index in [9.17, 15) is 18.0 Å². The van der Waals surface area contributed by atoms with Crippen LogP contribution in [0.2, 0.25) is 0 Å². The van der Waals surface area contributed by atoms with Crippen molar-refractivity contribution in [2.24, 2.45) is 0 Å². The summed E-state index contributed by atoms with van der Waals surface area (Å²) in [6.07, 6.45) is -3.10. The van der Waals surface area contributed by atoms with E-state index in [1.54, 1.807) is 11.8 Å². The number of ether oxygens (including phenoxy) is 3. The van der Waals surface area contributed by atoms with Crippen molar-refractivity contribution in [3.8, 4) is 11.5 Å². The molecule has 31 heavy (non-hydrogen) atoms. The number of alkyl halides is 3. The monoisotopic (exact) mass is 520 g/mol. The summed E-state index contributed by atoms with van der Waals surface area (Å²) in [4.78, 5) is 12.4. The predicted octanol–water partition coefficient (Wildman–Crippen LogP) is 6.71. The van der Waals surface area contributed by atoms with E-state index in [0.29, 0.717) is 23.1 Å². The lowest BCUT2D eigenvalue weighted by Crippen LogP contribution is -2.17. The topological polar surface area (TPSA) is 44.8 Å². The van der Waals surface area contributed by atoms with Gasteiger partial charge < -0.3 is 14.2 Å². The first-order valence-electron chi connectivity index (χ1n) is 9.58. The molecular formula is C22H24BrF3O4S. The van der Waals surface area contributed by atoms with E-state index in [1.165, 1.54) is 25.3 Å². The highest BCUT2D eigenvalue weighted by Gasteiger charge is 2.31. The molecule has 0 amide bonds. The maximum absolute atomic E-state index is 12.3. The highest BCUT2D eigenvalue weighted by molar-refractivity contribution is 9.10. The van der Waals surface area contributed by atoms with Gasteiger partial charge in [0, 0.05) is 17.1 Å². The molecule has 2 aromatic rings. The molecule has 2 rings (SSSR count). The summed E-state index contributed by atoms with van der Waals surface area (Å²) >= 11 is 4.92. The van der Waals surface area contributed by atoms with Crippen LogP contribution in [-0.2, 0) is 16.0 Å². The van der Waals surface area contributed by atoms with Crippen molar-refractivity contribution in [3.63, 3.8) is 0 Å². The molecule has 0 unspecified atom stereocenters. The second kappa shape index (κ2) is 11.7. The molecule has 170 valence electrons. The van der Waals surface area contributed by atoms with Crippen molar-refractivity contribution < 1.29 is 32.2 Å². The molecule has 0 aliphatic rings. The Kier molecular flexibility index (Phi) is 9.55. The first-order chi connectivity index (χ1) is 14.6. The zero-order valence-corrected chi connectivity index (χ0v) is 19.8. The zero-order chi connectivity index (χ0) is 23.0. The number of rotatable bonds is 10. The molecule has 0 aliphatic heterocycles. The molecule has 4 nitrogen and oxygen atoms in total. The van der Waals surface area contributed by atoms with Crippen molar-refractivity contribution in [2.45, 2.75) is 50.5 Å². The number of aryl methyl sites for hydroxylation is 2. The average Bonchev–Trinajstić information content (AvgIpc) is 2.68. The number of benzene rings is 2. The van der Waals surface area contributed by atoms with Gasteiger partial charge >= 0.3 is 12.3 Å². The average molecular weight is 521 g/mol. The van der Waals surface area contributed by atoms with Crippen LogP contribution in [-0.4, -0.2) is 31.3 Å².